The SMILES string of the molecule is N[C@@H](Cc1ccccc1)C(=O)NCC(=O)N[C@@H](Cc1ccccc1)C(=O)NC(O)C(=O)O. The number of amides is 3. The molecule has 0 aromatic heterocycles. The molecule has 1 unspecified atom stereocenters. The lowest BCUT2D eigenvalue weighted by Gasteiger charge is -2.20. The summed E-state index contributed by atoms with van der Waals surface area (Å²) in [5, 5.41) is 24.9. The molecule has 3 amide bonds. The summed E-state index contributed by atoms with van der Waals surface area (Å²) in [5.74, 6) is -3.73. The Bertz CT molecular complexity index is 923. The zero-order valence-corrected chi connectivity index (χ0v) is 17.2. The van der Waals surface area contributed by atoms with Crippen LogP contribution in [-0.4, -0.2) is 58.8 Å². The summed E-state index contributed by atoms with van der Waals surface area (Å²) in [4.78, 5) is 47.7. The van der Waals surface area contributed by atoms with Gasteiger partial charge in [0, 0.05) is 6.42 Å². The van der Waals surface area contributed by atoms with Crippen molar-refractivity contribution < 1.29 is 29.4 Å². The van der Waals surface area contributed by atoms with Crippen molar-refractivity contribution in [3.05, 3.63) is 71.8 Å². The fourth-order valence-corrected chi connectivity index (χ4v) is 2.86. The summed E-state index contributed by atoms with van der Waals surface area (Å²) in [6, 6.07) is 15.8. The maximum atomic E-state index is 12.4. The van der Waals surface area contributed by atoms with Crippen LogP contribution >= 0.6 is 0 Å². The van der Waals surface area contributed by atoms with Crippen LogP contribution in [0.5, 0.6) is 0 Å². The second kappa shape index (κ2) is 12.2. The first-order valence-corrected chi connectivity index (χ1v) is 9.88. The molecule has 0 fully saturated rings. The quantitative estimate of drug-likeness (QED) is 0.240. The molecule has 3 atom stereocenters. The number of carboxylic acids is 1. The fourth-order valence-electron chi connectivity index (χ4n) is 2.86. The summed E-state index contributed by atoms with van der Waals surface area (Å²) in [6.07, 6.45) is -1.78. The molecular formula is C22H26N4O6. The maximum Gasteiger partial charge on any atom is 0.353 e. The van der Waals surface area contributed by atoms with Crippen molar-refractivity contribution in [3.8, 4) is 0 Å². The number of aliphatic carboxylic acids is 1. The summed E-state index contributed by atoms with van der Waals surface area (Å²) in [7, 11) is 0. The van der Waals surface area contributed by atoms with Crippen LogP contribution in [0.15, 0.2) is 60.7 Å². The first-order chi connectivity index (χ1) is 15.3. The van der Waals surface area contributed by atoms with Crippen LogP contribution in [-0.2, 0) is 32.0 Å². The van der Waals surface area contributed by atoms with Crippen LogP contribution in [0, 0.1) is 0 Å². The predicted octanol–water partition coefficient (Wildman–Crippen LogP) is -1.08. The van der Waals surface area contributed by atoms with E-state index in [1.165, 1.54) is 0 Å². The molecule has 10 heteroatoms. The number of nitrogens with two attached hydrogens (primary N) is 1. The molecule has 32 heavy (non-hydrogen) atoms. The number of hydrogen-bond donors (Lipinski definition) is 6. The number of carboxylic acid groups (broad SMARTS) is 1. The normalized spacial score (nSPS) is 13.3. The zero-order valence-electron chi connectivity index (χ0n) is 17.2. The summed E-state index contributed by atoms with van der Waals surface area (Å²) in [5.41, 5.74) is 7.45. The molecule has 0 saturated carbocycles. The Kier molecular flexibility index (Phi) is 9.33. The molecule has 2 aromatic rings. The van der Waals surface area contributed by atoms with Crippen molar-refractivity contribution >= 4 is 23.7 Å². The Balaban J connectivity index is 1.93. The lowest BCUT2D eigenvalue weighted by Crippen LogP contribution is -2.54. The van der Waals surface area contributed by atoms with Crippen molar-refractivity contribution in [2.75, 3.05) is 6.54 Å². The molecule has 0 aliphatic carbocycles. The highest BCUT2D eigenvalue weighted by molar-refractivity contribution is 5.92. The highest BCUT2D eigenvalue weighted by atomic mass is 16.4. The molecule has 0 radical (unpaired) electrons. The lowest BCUT2D eigenvalue weighted by atomic mass is 10.0. The Morgan fingerprint density at radius 1 is 0.812 bits per heavy atom. The maximum absolute atomic E-state index is 12.4. The Morgan fingerprint density at radius 2 is 1.34 bits per heavy atom. The fraction of sp³-hybridized carbons (Fsp3) is 0.273. The van der Waals surface area contributed by atoms with Crippen molar-refractivity contribution in [1.29, 1.82) is 0 Å². The van der Waals surface area contributed by atoms with E-state index in [-0.39, 0.29) is 6.42 Å². The topological polar surface area (TPSA) is 171 Å². The highest BCUT2D eigenvalue weighted by Gasteiger charge is 2.26. The average molecular weight is 442 g/mol. The highest BCUT2D eigenvalue weighted by Crippen LogP contribution is 2.04. The van der Waals surface area contributed by atoms with Gasteiger partial charge in [0.2, 0.25) is 23.9 Å². The van der Waals surface area contributed by atoms with Gasteiger partial charge in [-0.3, -0.25) is 14.4 Å². The minimum Gasteiger partial charge on any atom is -0.478 e. The van der Waals surface area contributed by atoms with Gasteiger partial charge in [-0.05, 0) is 17.5 Å². The number of carbonyl (C=O) groups excluding carboxylic acids is 3. The molecule has 0 heterocycles. The van der Waals surface area contributed by atoms with Gasteiger partial charge in [-0.25, -0.2) is 4.79 Å². The summed E-state index contributed by atoms with van der Waals surface area (Å²) < 4.78 is 0. The van der Waals surface area contributed by atoms with Crippen LogP contribution in [0.3, 0.4) is 0 Å². The van der Waals surface area contributed by atoms with Gasteiger partial charge in [0.05, 0.1) is 12.6 Å². The molecule has 0 aliphatic rings. The number of carbonyl (C=O) groups is 4. The number of rotatable bonds is 11. The molecule has 2 rings (SSSR count). The van der Waals surface area contributed by atoms with Gasteiger partial charge >= 0.3 is 5.97 Å². The van der Waals surface area contributed by atoms with Gasteiger partial charge in [-0.15, -0.1) is 0 Å². The number of hydrogen-bond acceptors (Lipinski definition) is 6. The number of aliphatic hydroxyl groups is 1. The second-order valence-electron chi connectivity index (χ2n) is 7.07. The predicted molar refractivity (Wildman–Crippen MR) is 115 cm³/mol. The Labute approximate surface area is 184 Å². The number of nitrogens with one attached hydrogen (secondary N) is 3. The first kappa shape index (κ1) is 24.5. The standard InChI is InChI=1S/C22H26N4O6/c23-16(11-14-7-3-1-4-8-14)19(28)24-13-18(27)25-17(12-15-9-5-2-6-10-15)20(29)26-21(30)22(31)32/h1-10,16-17,21,30H,11-13,23H2,(H,24,28)(H,25,27)(H,26,29)(H,31,32)/t16-,17-,21?/m0/s1. The van der Waals surface area contributed by atoms with Crippen molar-refractivity contribution in [2.45, 2.75) is 31.2 Å². The van der Waals surface area contributed by atoms with Crippen LogP contribution in [0.1, 0.15) is 11.1 Å². The molecule has 170 valence electrons. The largest absolute Gasteiger partial charge is 0.478 e. The minimum atomic E-state index is -2.12. The Morgan fingerprint density at radius 3 is 1.88 bits per heavy atom. The van der Waals surface area contributed by atoms with Crippen LogP contribution < -0.4 is 21.7 Å². The van der Waals surface area contributed by atoms with Crippen molar-refractivity contribution in [3.63, 3.8) is 0 Å². The van der Waals surface area contributed by atoms with E-state index in [0.717, 1.165) is 5.56 Å². The summed E-state index contributed by atoms with van der Waals surface area (Å²) >= 11 is 0. The molecule has 7 N–H and O–H groups in total. The van der Waals surface area contributed by atoms with Crippen molar-refractivity contribution in [1.82, 2.24) is 16.0 Å². The van der Waals surface area contributed by atoms with E-state index < -0.39 is 48.5 Å². The van der Waals surface area contributed by atoms with Crippen LogP contribution in [0.4, 0.5) is 0 Å². The van der Waals surface area contributed by atoms with Gasteiger partial charge in [0.15, 0.2) is 0 Å². The monoisotopic (exact) mass is 442 g/mol. The van der Waals surface area contributed by atoms with Gasteiger partial charge in [-0.2, -0.15) is 0 Å². The van der Waals surface area contributed by atoms with E-state index in [4.69, 9.17) is 10.8 Å². The average Bonchev–Trinajstić information content (AvgIpc) is 2.78. The Hall–Kier alpha value is -3.76. The molecule has 2 aromatic carbocycles. The first-order valence-electron chi connectivity index (χ1n) is 9.88. The number of aliphatic hydroxyl groups excluding tert-OH is 1. The smallest absolute Gasteiger partial charge is 0.353 e. The molecule has 0 bridgehead atoms. The third kappa shape index (κ3) is 8.17. The molecule has 0 aliphatic heterocycles. The molecule has 0 saturated heterocycles. The molecule has 10 nitrogen and oxygen atoms in total. The van der Waals surface area contributed by atoms with E-state index >= 15 is 0 Å². The summed E-state index contributed by atoms with van der Waals surface area (Å²) in [6.45, 7) is -0.429. The van der Waals surface area contributed by atoms with Gasteiger partial charge in [-0.1, -0.05) is 60.7 Å². The third-order valence-corrected chi connectivity index (χ3v) is 4.51. The van der Waals surface area contributed by atoms with E-state index in [0.29, 0.717) is 12.0 Å². The van der Waals surface area contributed by atoms with Gasteiger partial charge < -0.3 is 31.9 Å². The van der Waals surface area contributed by atoms with E-state index in [2.05, 4.69) is 10.6 Å². The van der Waals surface area contributed by atoms with Crippen LogP contribution in [0.25, 0.3) is 0 Å². The molecule has 0 spiro atoms. The third-order valence-electron chi connectivity index (χ3n) is 4.51. The molecular weight excluding hydrogens is 416 g/mol. The van der Waals surface area contributed by atoms with Gasteiger partial charge in [0.1, 0.15) is 6.04 Å². The van der Waals surface area contributed by atoms with Crippen LogP contribution in [0.2, 0.25) is 0 Å². The minimum absolute atomic E-state index is 0.0478. The lowest BCUT2D eigenvalue weighted by molar-refractivity contribution is -0.151. The van der Waals surface area contributed by atoms with Gasteiger partial charge in [0.25, 0.3) is 0 Å². The van der Waals surface area contributed by atoms with E-state index in [1.807, 2.05) is 35.6 Å². The zero-order chi connectivity index (χ0) is 23.5. The van der Waals surface area contributed by atoms with E-state index in [9.17, 15) is 24.3 Å². The van der Waals surface area contributed by atoms with Crippen molar-refractivity contribution in [2.24, 2.45) is 5.73 Å². The van der Waals surface area contributed by atoms with E-state index in [1.54, 1.807) is 30.3 Å². The number of benzene rings is 2. The second-order valence-corrected chi connectivity index (χ2v) is 7.07.